The monoisotopic (exact) mass is 270 g/mol. The van der Waals surface area contributed by atoms with Crippen molar-refractivity contribution in [2.24, 2.45) is 5.92 Å². The fourth-order valence-corrected chi connectivity index (χ4v) is 2.57. The largest absolute Gasteiger partial charge is 0.481 e. The van der Waals surface area contributed by atoms with Crippen molar-refractivity contribution in [3.63, 3.8) is 0 Å². The number of nitrogens with zero attached hydrogens (tertiary/aromatic N) is 2. The SMILES string of the molecule is CC(O)C1CCN(C(=O)N(CCC(=O)O)C2CC2)C1. The molecule has 0 radical (unpaired) electrons. The third kappa shape index (κ3) is 3.59. The first-order valence-electron chi connectivity index (χ1n) is 6.94. The molecule has 2 N–H and O–H groups in total. The standard InChI is InChI=1S/C13H22N2O4/c1-9(16)10-4-6-14(8-10)13(19)15(11-2-3-11)7-5-12(17)18/h9-11,16H,2-8H2,1H3,(H,17,18). The predicted octanol–water partition coefficient (Wildman–Crippen LogP) is 0.748. The molecule has 1 saturated carbocycles. The summed E-state index contributed by atoms with van der Waals surface area (Å²) in [6.07, 6.45) is 2.36. The van der Waals surface area contributed by atoms with Crippen LogP contribution in [0.2, 0.25) is 0 Å². The number of carbonyl (C=O) groups excluding carboxylic acids is 1. The van der Waals surface area contributed by atoms with Crippen molar-refractivity contribution in [2.45, 2.75) is 44.8 Å². The van der Waals surface area contributed by atoms with E-state index in [1.165, 1.54) is 0 Å². The van der Waals surface area contributed by atoms with Crippen molar-refractivity contribution in [1.29, 1.82) is 0 Å². The van der Waals surface area contributed by atoms with E-state index in [0.717, 1.165) is 19.3 Å². The lowest BCUT2D eigenvalue weighted by Gasteiger charge is -2.28. The Morgan fingerprint density at radius 2 is 2.05 bits per heavy atom. The number of carboxylic acids is 1. The number of rotatable bonds is 5. The van der Waals surface area contributed by atoms with Crippen LogP contribution in [-0.2, 0) is 4.79 Å². The molecule has 0 bridgehead atoms. The number of aliphatic hydroxyl groups excluding tert-OH is 1. The van der Waals surface area contributed by atoms with Crippen LogP contribution in [0.5, 0.6) is 0 Å². The van der Waals surface area contributed by atoms with Crippen molar-refractivity contribution >= 4 is 12.0 Å². The van der Waals surface area contributed by atoms with E-state index in [2.05, 4.69) is 0 Å². The van der Waals surface area contributed by atoms with E-state index in [1.54, 1.807) is 16.7 Å². The second-order valence-corrected chi connectivity index (χ2v) is 5.59. The van der Waals surface area contributed by atoms with Crippen molar-refractivity contribution in [2.75, 3.05) is 19.6 Å². The van der Waals surface area contributed by atoms with Crippen molar-refractivity contribution < 1.29 is 19.8 Å². The van der Waals surface area contributed by atoms with E-state index >= 15 is 0 Å². The molecule has 108 valence electrons. The summed E-state index contributed by atoms with van der Waals surface area (Å²) in [6.45, 7) is 3.27. The Hall–Kier alpha value is -1.30. The molecule has 2 aliphatic rings. The molecule has 2 rings (SSSR count). The Bertz CT molecular complexity index is 355. The number of hydrogen-bond donors (Lipinski definition) is 2. The quantitative estimate of drug-likeness (QED) is 0.772. The van der Waals surface area contributed by atoms with Gasteiger partial charge in [-0.1, -0.05) is 0 Å². The number of hydrogen-bond acceptors (Lipinski definition) is 3. The molecule has 2 atom stereocenters. The minimum Gasteiger partial charge on any atom is -0.481 e. The molecular weight excluding hydrogens is 248 g/mol. The average molecular weight is 270 g/mol. The van der Waals surface area contributed by atoms with E-state index in [9.17, 15) is 14.7 Å². The highest BCUT2D eigenvalue weighted by Crippen LogP contribution is 2.29. The van der Waals surface area contributed by atoms with Gasteiger partial charge in [0.25, 0.3) is 0 Å². The summed E-state index contributed by atoms with van der Waals surface area (Å²) >= 11 is 0. The molecule has 2 unspecified atom stereocenters. The molecule has 6 nitrogen and oxygen atoms in total. The molecule has 1 aliphatic carbocycles. The third-order valence-electron chi connectivity index (χ3n) is 3.98. The van der Waals surface area contributed by atoms with Gasteiger partial charge in [0.2, 0.25) is 0 Å². The molecule has 0 aromatic rings. The molecule has 1 heterocycles. The van der Waals surface area contributed by atoms with E-state index in [0.29, 0.717) is 13.1 Å². The van der Waals surface area contributed by atoms with Crippen LogP contribution in [0, 0.1) is 5.92 Å². The first-order chi connectivity index (χ1) is 8.99. The van der Waals surface area contributed by atoms with Crippen LogP contribution in [0.1, 0.15) is 32.6 Å². The second kappa shape index (κ2) is 5.77. The zero-order valence-corrected chi connectivity index (χ0v) is 11.3. The van der Waals surface area contributed by atoms with Gasteiger partial charge in [0, 0.05) is 31.6 Å². The van der Waals surface area contributed by atoms with Crippen LogP contribution < -0.4 is 0 Å². The highest BCUT2D eigenvalue weighted by Gasteiger charge is 2.37. The van der Waals surface area contributed by atoms with Crippen molar-refractivity contribution in [3.05, 3.63) is 0 Å². The number of urea groups is 1. The first-order valence-corrected chi connectivity index (χ1v) is 6.94. The van der Waals surface area contributed by atoms with Crippen molar-refractivity contribution in [1.82, 2.24) is 9.80 Å². The first kappa shape index (κ1) is 14.1. The van der Waals surface area contributed by atoms with Crippen LogP contribution in [0.3, 0.4) is 0 Å². The van der Waals surface area contributed by atoms with Crippen LogP contribution in [0.15, 0.2) is 0 Å². The number of amides is 2. The topological polar surface area (TPSA) is 81.1 Å². The summed E-state index contributed by atoms with van der Waals surface area (Å²) in [5, 5.41) is 18.3. The fraction of sp³-hybridized carbons (Fsp3) is 0.846. The van der Waals surface area contributed by atoms with Gasteiger partial charge < -0.3 is 20.0 Å². The number of aliphatic hydroxyl groups is 1. The molecule has 0 spiro atoms. The lowest BCUT2D eigenvalue weighted by Crippen LogP contribution is -2.44. The summed E-state index contributed by atoms with van der Waals surface area (Å²) in [5.74, 6) is -0.730. The molecule has 2 fully saturated rings. The zero-order chi connectivity index (χ0) is 14.0. The number of carbonyl (C=O) groups is 2. The van der Waals surface area contributed by atoms with E-state index < -0.39 is 12.1 Å². The van der Waals surface area contributed by atoms with Crippen LogP contribution in [0.25, 0.3) is 0 Å². The lowest BCUT2D eigenvalue weighted by atomic mass is 10.0. The molecule has 6 heteroatoms. The van der Waals surface area contributed by atoms with Crippen LogP contribution in [0.4, 0.5) is 4.79 Å². The van der Waals surface area contributed by atoms with E-state index in [1.807, 2.05) is 0 Å². The highest BCUT2D eigenvalue weighted by molar-refractivity contribution is 5.76. The normalized spacial score (nSPS) is 24.3. The van der Waals surface area contributed by atoms with Gasteiger partial charge in [-0.2, -0.15) is 0 Å². The maximum absolute atomic E-state index is 12.4. The average Bonchev–Trinajstić information content (AvgIpc) is 3.05. The Morgan fingerprint density at radius 3 is 2.53 bits per heavy atom. The van der Waals surface area contributed by atoms with Crippen molar-refractivity contribution in [3.8, 4) is 0 Å². The lowest BCUT2D eigenvalue weighted by molar-refractivity contribution is -0.137. The Kier molecular flexibility index (Phi) is 4.29. The van der Waals surface area contributed by atoms with E-state index in [4.69, 9.17) is 5.11 Å². The number of likely N-dealkylation sites (tertiary alicyclic amines) is 1. The highest BCUT2D eigenvalue weighted by atomic mass is 16.4. The Labute approximate surface area is 113 Å². The molecule has 0 aromatic heterocycles. The summed E-state index contributed by atoms with van der Waals surface area (Å²) in [4.78, 5) is 26.5. The maximum atomic E-state index is 12.4. The van der Waals surface area contributed by atoms with E-state index in [-0.39, 0.29) is 31.0 Å². The second-order valence-electron chi connectivity index (χ2n) is 5.59. The van der Waals surface area contributed by atoms with Gasteiger partial charge in [0.15, 0.2) is 0 Å². The summed E-state index contributed by atoms with van der Waals surface area (Å²) in [7, 11) is 0. The maximum Gasteiger partial charge on any atom is 0.320 e. The minimum atomic E-state index is -0.873. The third-order valence-corrected chi connectivity index (χ3v) is 3.98. The van der Waals surface area contributed by atoms with Gasteiger partial charge in [-0.25, -0.2) is 4.79 Å². The molecule has 1 aliphatic heterocycles. The summed E-state index contributed by atoms with van der Waals surface area (Å²) in [5.41, 5.74) is 0. The molecule has 0 aromatic carbocycles. The van der Waals surface area contributed by atoms with Gasteiger partial charge >= 0.3 is 12.0 Å². The Morgan fingerprint density at radius 1 is 1.37 bits per heavy atom. The molecular formula is C13H22N2O4. The van der Waals surface area contributed by atoms with Gasteiger partial charge in [0.05, 0.1) is 12.5 Å². The summed E-state index contributed by atoms with van der Waals surface area (Å²) < 4.78 is 0. The fourth-order valence-electron chi connectivity index (χ4n) is 2.57. The van der Waals surface area contributed by atoms with Gasteiger partial charge in [-0.3, -0.25) is 4.79 Å². The van der Waals surface area contributed by atoms with Crippen LogP contribution in [-0.4, -0.2) is 63.8 Å². The summed E-state index contributed by atoms with van der Waals surface area (Å²) in [6, 6.07) is 0.157. The van der Waals surface area contributed by atoms with Gasteiger partial charge in [-0.05, 0) is 26.2 Å². The number of carboxylic acid groups (broad SMARTS) is 1. The number of aliphatic carboxylic acids is 1. The zero-order valence-electron chi connectivity index (χ0n) is 11.3. The molecule has 2 amide bonds. The smallest absolute Gasteiger partial charge is 0.320 e. The van der Waals surface area contributed by atoms with Crippen LogP contribution >= 0.6 is 0 Å². The van der Waals surface area contributed by atoms with Gasteiger partial charge in [0.1, 0.15) is 0 Å². The predicted molar refractivity (Wildman–Crippen MR) is 68.7 cm³/mol. The molecule has 19 heavy (non-hydrogen) atoms. The van der Waals surface area contributed by atoms with Gasteiger partial charge in [-0.15, -0.1) is 0 Å². The Balaban J connectivity index is 1.90. The minimum absolute atomic E-state index is 0.00406. The molecule has 1 saturated heterocycles.